The Bertz CT molecular complexity index is 656. The van der Waals surface area contributed by atoms with Crippen LogP contribution in [0.2, 0.25) is 0 Å². The van der Waals surface area contributed by atoms with Crippen molar-refractivity contribution in [3.8, 4) is 11.5 Å². The van der Waals surface area contributed by atoms with Gasteiger partial charge in [-0.1, -0.05) is 36.4 Å². The average Bonchev–Trinajstić information content (AvgIpc) is 2.55. The zero-order chi connectivity index (χ0) is 16.5. The Morgan fingerprint density at radius 2 is 1.65 bits per heavy atom. The van der Waals surface area contributed by atoms with Crippen LogP contribution in [0.5, 0.6) is 11.5 Å². The van der Waals surface area contributed by atoms with Gasteiger partial charge in [-0.2, -0.15) is 0 Å². The third kappa shape index (κ3) is 5.82. The summed E-state index contributed by atoms with van der Waals surface area (Å²) in [5.41, 5.74) is 0.893. The Kier molecular flexibility index (Phi) is 6.17. The molecule has 0 saturated carbocycles. The van der Waals surface area contributed by atoms with Crippen molar-refractivity contribution >= 4 is 11.8 Å². The van der Waals surface area contributed by atoms with E-state index in [1.807, 2.05) is 54.6 Å². The molecule has 0 aliphatic rings. The average molecular weight is 312 g/mol. The first-order valence-electron chi connectivity index (χ1n) is 7.47. The van der Waals surface area contributed by atoms with Crippen molar-refractivity contribution in [3.63, 3.8) is 0 Å². The van der Waals surface area contributed by atoms with Gasteiger partial charge in [0.05, 0.1) is 0 Å². The van der Waals surface area contributed by atoms with Crippen molar-refractivity contribution < 1.29 is 14.3 Å². The zero-order valence-corrected chi connectivity index (χ0v) is 13.0. The summed E-state index contributed by atoms with van der Waals surface area (Å²) in [4.78, 5) is 22.5. The standard InChI is InChI=1S/C18H20N2O3/c1-14(21)19-12-11-18(22)20-13-15-7-5-6-10-17(15)23-16-8-3-2-4-9-16/h2-10H,11-13H2,1H3,(H,19,21)(H,20,22). The number of nitrogens with one attached hydrogen (secondary N) is 2. The molecular weight excluding hydrogens is 292 g/mol. The molecule has 0 radical (unpaired) electrons. The normalized spacial score (nSPS) is 9.96. The molecule has 2 aromatic rings. The number of ether oxygens (including phenoxy) is 1. The van der Waals surface area contributed by atoms with Crippen molar-refractivity contribution in [2.45, 2.75) is 19.9 Å². The van der Waals surface area contributed by atoms with Gasteiger partial charge in [0, 0.05) is 32.0 Å². The molecular formula is C18H20N2O3. The summed E-state index contributed by atoms with van der Waals surface area (Å²) in [5.74, 6) is 1.20. The molecule has 2 rings (SSSR count). The molecule has 0 spiro atoms. The van der Waals surface area contributed by atoms with E-state index in [1.54, 1.807) is 0 Å². The SMILES string of the molecule is CC(=O)NCCC(=O)NCc1ccccc1Oc1ccccc1. The monoisotopic (exact) mass is 312 g/mol. The minimum atomic E-state index is -0.139. The highest BCUT2D eigenvalue weighted by Gasteiger charge is 2.07. The second-order valence-corrected chi connectivity index (χ2v) is 5.03. The first-order chi connectivity index (χ1) is 11.1. The highest BCUT2D eigenvalue weighted by Crippen LogP contribution is 2.24. The van der Waals surface area contributed by atoms with Crippen molar-refractivity contribution in [2.24, 2.45) is 0 Å². The molecule has 0 aliphatic carbocycles. The largest absolute Gasteiger partial charge is 0.457 e. The van der Waals surface area contributed by atoms with Crippen LogP contribution in [0.25, 0.3) is 0 Å². The second-order valence-electron chi connectivity index (χ2n) is 5.03. The highest BCUT2D eigenvalue weighted by molar-refractivity contribution is 5.77. The molecule has 5 heteroatoms. The summed E-state index contributed by atoms with van der Waals surface area (Å²) in [6.07, 6.45) is 0.251. The molecule has 120 valence electrons. The maximum absolute atomic E-state index is 11.8. The summed E-state index contributed by atoms with van der Waals surface area (Å²) < 4.78 is 5.85. The number of rotatable bonds is 7. The van der Waals surface area contributed by atoms with E-state index in [0.717, 1.165) is 11.3 Å². The molecule has 0 fully saturated rings. The maximum Gasteiger partial charge on any atom is 0.222 e. The van der Waals surface area contributed by atoms with Gasteiger partial charge in [0.25, 0.3) is 0 Å². The number of hydrogen-bond donors (Lipinski definition) is 2. The first-order valence-corrected chi connectivity index (χ1v) is 7.47. The van der Waals surface area contributed by atoms with Crippen molar-refractivity contribution in [1.29, 1.82) is 0 Å². The Labute approximate surface area is 135 Å². The highest BCUT2D eigenvalue weighted by atomic mass is 16.5. The Morgan fingerprint density at radius 3 is 2.39 bits per heavy atom. The van der Waals surface area contributed by atoms with E-state index in [9.17, 15) is 9.59 Å². The predicted molar refractivity (Wildman–Crippen MR) is 88.1 cm³/mol. The zero-order valence-electron chi connectivity index (χ0n) is 13.0. The van der Waals surface area contributed by atoms with Crippen LogP contribution in [0, 0.1) is 0 Å². The Hall–Kier alpha value is -2.82. The van der Waals surface area contributed by atoms with Gasteiger partial charge in [0.15, 0.2) is 0 Å². The Morgan fingerprint density at radius 1 is 0.957 bits per heavy atom. The molecule has 0 heterocycles. The van der Waals surface area contributed by atoms with Crippen LogP contribution in [0.4, 0.5) is 0 Å². The molecule has 2 aromatic carbocycles. The quantitative estimate of drug-likeness (QED) is 0.826. The molecule has 2 amide bonds. The van der Waals surface area contributed by atoms with Crippen molar-refractivity contribution in [2.75, 3.05) is 6.54 Å². The van der Waals surface area contributed by atoms with E-state index < -0.39 is 0 Å². The summed E-state index contributed by atoms with van der Waals surface area (Å²) in [7, 11) is 0. The maximum atomic E-state index is 11.8. The fraction of sp³-hybridized carbons (Fsp3) is 0.222. The van der Waals surface area contributed by atoms with Crippen LogP contribution >= 0.6 is 0 Å². The van der Waals surface area contributed by atoms with Crippen LogP contribution < -0.4 is 15.4 Å². The molecule has 0 saturated heterocycles. The third-order valence-electron chi connectivity index (χ3n) is 3.15. The minimum Gasteiger partial charge on any atom is -0.457 e. The number of hydrogen-bond acceptors (Lipinski definition) is 3. The van der Waals surface area contributed by atoms with E-state index in [4.69, 9.17) is 4.74 Å². The molecule has 0 unspecified atom stereocenters. The minimum absolute atomic E-state index is 0.117. The lowest BCUT2D eigenvalue weighted by Crippen LogP contribution is -2.29. The van der Waals surface area contributed by atoms with Crippen LogP contribution in [-0.4, -0.2) is 18.4 Å². The van der Waals surface area contributed by atoms with Gasteiger partial charge in [0.2, 0.25) is 11.8 Å². The van der Waals surface area contributed by atoms with E-state index in [2.05, 4.69) is 10.6 Å². The summed E-state index contributed by atoms with van der Waals surface area (Å²) in [5, 5.41) is 5.42. The second kappa shape index (κ2) is 8.58. The van der Waals surface area contributed by atoms with E-state index >= 15 is 0 Å². The fourth-order valence-electron chi connectivity index (χ4n) is 2.00. The summed E-state index contributed by atoms with van der Waals surface area (Å²) >= 11 is 0. The number of amides is 2. The smallest absolute Gasteiger partial charge is 0.222 e. The first kappa shape index (κ1) is 16.5. The molecule has 0 bridgehead atoms. The lowest BCUT2D eigenvalue weighted by Gasteiger charge is -2.12. The van der Waals surface area contributed by atoms with E-state index in [-0.39, 0.29) is 18.2 Å². The molecule has 5 nitrogen and oxygen atoms in total. The molecule has 0 aliphatic heterocycles. The van der Waals surface area contributed by atoms with Crippen molar-refractivity contribution in [3.05, 3.63) is 60.2 Å². The van der Waals surface area contributed by atoms with Gasteiger partial charge in [-0.3, -0.25) is 9.59 Å². The molecule has 0 atom stereocenters. The molecule has 23 heavy (non-hydrogen) atoms. The van der Waals surface area contributed by atoms with Crippen LogP contribution in [0.15, 0.2) is 54.6 Å². The molecule has 2 N–H and O–H groups in total. The van der Waals surface area contributed by atoms with Crippen molar-refractivity contribution in [1.82, 2.24) is 10.6 Å². The van der Waals surface area contributed by atoms with E-state index in [1.165, 1.54) is 6.92 Å². The van der Waals surface area contributed by atoms with Gasteiger partial charge in [-0.15, -0.1) is 0 Å². The Balaban J connectivity index is 1.90. The third-order valence-corrected chi connectivity index (χ3v) is 3.15. The summed E-state index contributed by atoms with van der Waals surface area (Å²) in [6.45, 7) is 2.14. The fourth-order valence-corrected chi connectivity index (χ4v) is 2.00. The van der Waals surface area contributed by atoms with Gasteiger partial charge in [0.1, 0.15) is 11.5 Å². The molecule has 0 aromatic heterocycles. The van der Waals surface area contributed by atoms with E-state index in [0.29, 0.717) is 18.8 Å². The van der Waals surface area contributed by atoms with Crippen LogP contribution in [0.3, 0.4) is 0 Å². The lowest BCUT2D eigenvalue weighted by atomic mass is 10.2. The number of benzene rings is 2. The van der Waals surface area contributed by atoms with Crippen LogP contribution in [0.1, 0.15) is 18.9 Å². The predicted octanol–water partition coefficient (Wildman–Crippen LogP) is 2.62. The number of carbonyl (C=O) groups excluding carboxylic acids is 2. The topological polar surface area (TPSA) is 67.4 Å². The summed E-state index contributed by atoms with van der Waals surface area (Å²) in [6, 6.07) is 17.1. The number of carbonyl (C=O) groups is 2. The van der Waals surface area contributed by atoms with Gasteiger partial charge in [-0.25, -0.2) is 0 Å². The van der Waals surface area contributed by atoms with Gasteiger partial charge in [-0.05, 0) is 18.2 Å². The number of para-hydroxylation sites is 2. The van der Waals surface area contributed by atoms with Crippen LogP contribution in [-0.2, 0) is 16.1 Å². The van der Waals surface area contributed by atoms with Gasteiger partial charge < -0.3 is 15.4 Å². The lowest BCUT2D eigenvalue weighted by molar-refractivity contribution is -0.121. The van der Waals surface area contributed by atoms with Gasteiger partial charge >= 0.3 is 0 Å².